The van der Waals surface area contributed by atoms with E-state index < -0.39 is 5.97 Å². The van der Waals surface area contributed by atoms with Gasteiger partial charge in [-0.05, 0) is 36.5 Å². The standard InChI is InChI=1S/C21H24ClN5O4S/c1-23-19(30)26-8-7-21(11-26)12-27(20(31)25-18-24-10-16(22)32-18)15-6-5-13(9-14(15)21)3-2-4-17(28)29/h5-6,9-10H,2-4,7-8,11-12H2,1H3,(H,23,30)(H,28,29)(H,24,25,31). The maximum absolute atomic E-state index is 13.1. The van der Waals surface area contributed by atoms with Gasteiger partial charge < -0.3 is 15.3 Å². The summed E-state index contributed by atoms with van der Waals surface area (Å²) in [7, 11) is 1.61. The number of carboxylic acids is 1. The molecule has 1 aromatic carbocycles. The Hall–Kier alpha value is -2.85. The van der Waals surface area contributed by atoms with Crippen molar-refractivity contribution in [2.75, 3.05) is 36.9 Å². The van der Waals surface area contributed by atoms with Crippen LogP contribution in [0.3, 0.4) is 0 Å². The molecule has 1 unspecified atom stereocenters. The Morgan fingerprint density at radius 3 is 2.78 bits per heavy atom. The molecule has 0 bridgehead atoms. The van der Waals surface area contributed by atoms with E-state index in [1.807, 2.05) is 12.1 Å². The molecule has 1 saturated heterocycles. The number of likely N-dealkylation sites (tertiary alicyclic amines) is 1. The summed E-state index contributed by atoms with van der Waals surface area (Å²) < 4.78 is 0.488. The predicted molar refractivity (Wildman–Crippen MR) is 123 cm³/mol. The van der Waals surface area contributed by atoms with E-state index in [-0.39, 0.29) is 23.9 Å². The smallest absolute Gasteiger partial charge is 0.328 e. The van der Waals surface area contributed by atoms with Gasteiger partial charge in [-0.3, -0.25) is 15.0 Å². The Balaban J connectivity index is 1.62. The summed E-state index contributed by atoms with van der Waals surface area (Å²) in [4.78, 5) is 43.8. The number of hydrogen-bond acceptors (Lipinski definition) is 5. The van der Waals surface area contributed by atoms with Crippen molar-refractivity contribution >= 4 is 51.8 Å². The van der Waals surface area contributed by atoms with Crippen LogP contribution in [-0.4, -0.2) is 59.7 Å². The number of thiazole rings is 1. The molecule has 3 heterocycles. The van der Waals surface area contributed by atoms with Crippen molar-refractivity contribution in [3.63, 3.8) is 0 Å². The molecular formula is C21H24ClN5O4S. The number of aliphatic carboxylic acids is 1. The summed E-state index contributed by atoms with van der Waals surface area (Å²) in [6.45, 7) is 1.55. The molecule has 11 heteroatoms. The van der Waals surface area contributed by atoms with Crippen LogP contribution in [0, 0.1) is 0 Å². The van der Waals surface area contributed by atoms with E-state index in [9.17, 15) is 14.4 Å². The molecule has 1 atom stereocenters. The van der Waals surface area contributed by atoms with Crippen LogP contribution in [0.5, 0.6) is 0 Å². The van der Waals surface area contributed by atoms with Gasteiger partial charge in [-0.2, -0.15) is 0 Å². The number of carbonyl (C=O) groups is 3. The third kappa shape index (κ3) is 4.37. The molecule has 1 aromatic heterocycles. The highest BCUT2D eigenvalue weighted by molar-refractivity contribution is 7.19. The van der Waals surface area contributed by atoms with E-state index in [0.717, 1.165) is 23.2 Å². The van der Waals surface area contributed by atoms with Crippen LogP contribution in [0.1, 0.15) is 30.4 Å². The van der Waals surface area contributed by atoms with Gasteiger partial charge in [0.05, 0.1) is 6.20 Å². The number of urea groups is 2. The van der Waals surface area contributed by atoms with Crippen molar-refractivity contribution in [3.05, 3.63) is 39.9 Å². The van der Waals surface area contributed by atoms with Crippen LogP contribution >= 0.6 is 22.9 Å². The van der Waals surface area contributed by atoms with Crippen molar-refractivity contribution in [3.8, 4) is 0 Å². The highest BCUT2D eigenvalue weighted by Crippen LogP contribution is 2.47. The van der Waals surface area contributed by atoms with E-state index >= 15 is 0 Å². The van der Waals surface area contributed by atoms with Gasteiger partial charge in [0.2, 0.25) is 0 Å². The second-order valence-electron chi connectivity index (χ2n) is 8.09. The number of carbonyl (C=O) groups excluding carboxylic acids is 2. The number of hydrogen-bond donors (Lipinski definition) is 3. The van der Waals surface area contributed by atoms with Crippen molar-refractivity contribution in [2.24, 2.45) is 0 Å². The minimum absolute atomic E-state index is 0.109. The third-order valence-electron chi connectivity index (χ3n) is 6.03. The van der Waals surface area contributed by atoms with Gasteiger partial charge in [0.1, 0.15) is 4.34 Å². The average Bonchev–Trinajstić information content (AvgIpc) is 3.46. The van der Waals surface area contributed by atoms with E-state index in [2.05, 4.69) is 21.7 Å². The zero-order chi connectivity index (χ0) is 22.9. The Kier molecular flexibility index (Phi) is 6.25. The van der Waals surface area contributed by atoms with Crippen molar-refractivity contribution in [1.82, 2.24) is 15.2 Å². The fraction of sp³-hybridized carbons (Fsp3) is 0.429. The highest BCUT2D eigenvalue weighted by Gasteiger charge is 2.49. The van der Waals surface area contributed by atoms with Gasteiger partial charge in [-0.25, -0.2) is 14.6 Å². The first-order valence-electron chi connectivity index (χ1n) is 10.3. The zero-order valence-electron chi connectivity index (χ0n) is 17.6. The largest absolute Gasteiger partial charge is 0.481 e. The number of amides is 4. The fourth-order valence-electron chi connectivity index (χ4n) is 4.52. The molecule has 1 spiro atoms. The minimum atomic E-state index is -0.815. The zero-order valence-corrected chi connectivity index (χ0v) is 19.1. The SMILES string of the molecule is CNC(=O)N1CCC2(C1)CN(C(=O)Nc1ncc(Cl)s1)c1ccc(CCCC(=O)O)cc12. The average molecular weight is 478 g/mol. The first-order valence-corrected chi connectivity index (χ1v) is 11.5. The molecule has 0 aliphatic carbocycles. The Labute approximate surface area is 194 Å². The van der Waals surface area contributed by atoms with E-state index in [1.54, 1.807) is 16.8 Å². The lowest BCUT2D eigenvalue weighted by molar-refractivity contribution is -0.137. The Bertz CT molecular complexity index is 1060. The molecule has 0 saturated carbocycles. The molecule has 1 fully saturated rings. The molecule has 170 valence electrons. The molecule has 32 heavy (non-hydrogen) atoms. The van der Waals surface area contributed by atoms with Crippen LogP contribution in [0.15, 0.2) is 24.4 Å². The van der Waals surface area contributed by atoms with E-state index in [4.69, 9.17) is 16.7 Å². The molecule has 2 aromatic rings. The first kappa shape index (κ1) is 22.3. The first-order chi connectivity index (χ1) is 15.3. The van der Waals surface area contributed by atoms with Crippen molar-refractivity contribution < 1.29 is 19.5 Å². The minimum Gasteiger partial charge on any atom is -0.481 e. The van der Waals surface area contributed by atoms with Crippen molar-refractivity contribution in [1.29, 1.82) is 0 Å². The molecule has 3 N–H and O–H groups in total. The molecular weight excluding hydrogens is 454 g/mol. The van der Waals surface area contributed by atoms with Gasteiger partial charge in [-0.15, -0.1) is 0 Å². The van der Waals surface area contributed by atoms with Crippen LogP contribution < -0.4 is 15.5 Å². The third-order valence-corrected chi connectivity index (χ3v) is 7.06. The molecule has 4 amide bonds. The van der Waals surface area contributed by atoms with Gasteiger partial charge >= 0.3 is 18.0 Å². The summed E-state index contributed by atoms with van der Waals surface area (Å²) in [6, 6.07) is 5.48. The number of benzene rings is 1. The van der Waals surface area contributed by atoms with Gasteiger partial charge in [0.25, 0.3) is 0 Å². The number of carboxylic acid groups (broad SMARTS) is 1. The quantitative estimate of drug-likeness (QED) is 0.609. The second-order valence-corrected chi connectivity index (χ2v) is 9.75. The maximum atomic E-state index is 13.1. The molecule has 2 aliphatic rings. The second kappa shape index (κ2) is 8.95. The summed E-state index contributed by atoms with van der Waals surface area (Å²) in [5, 5.41) is 14.8. The number of nitrogens with zero attached hydrogens (tertiary/aromatic N) is 3. The van der Waals surface area contributed by atoms with Crippen LogP contribution in [0.2, 0.25) is 4.34 Å². The van der Waals surface area contributed by atoms with Gasteiger partial charge in [-0.1, -0.05) is 35.1 Å². The van der Waals surface area contributed by atoms with Gasteiger partial charge in [0.15, 0.2) is 5.13 Å². The number of aryl methyl sites for hydroxylation is 1. The van der Waals surface area contributed by atoms with Crippen LogP contribution in [0.25, 0.3) is 0 Å². The highest BCUT2D eigenvalue weighted by atomic mass is 35.5. The van der Waals surface area contributed by atoms with Crippen LogP contribution in [0.4, 0.5) is 20.4 Å². The fourth-order valence-corrected chi connectivity index (χ4v) is 5.32. The number of fused-ring (bicyclic) bond motifs is 2. The molecule has 2 aliphatic heterocycles. The molecule has 0 radical (unpaired) electrons. The topological polar surface area (TPSA) is 115 Å². The Morgan fingerprint density at radius 2 is 2.09 bits per heavy atom. The van der Waals surface area contributed by atoms with E-state index in [1.165, 1.54) is 17.5 Å². The molecule has 9 nitrogen and oxygen atoms in total. The summed E-state index contributed by atoms with van der Waals surface area (Å²) >= 11 is 7.12. The normalized spacial score (nSPS) is 19.3. The summed E-state index contributed by atoms with van der Waals surface area (Å²) in [5.41, 5.74) is 2.47. The number of rotatable bonds is 5. The number of nitrogens with one attached hydrogen (secondary N) is 2. The number of halogens is 1. The number of anilines is 2. The van der Waals surface area contributed by atoms with Gasteiger partial charge in [0, 0.05) is 44.2 Å². The van der Waals surface area contributed by atoms with Crippen molar-refractivity contribution in [2.45, 2.75) is 31.1 Å². The lowest BCUT2D eigenvalue weighted by Gasteiger charge is -2.25. The summed E-state index contributed by atoms with van der Waals surface area (Å²) in [5.74, 6) is -0.815. The predicted octanol–water partition coefficient (Wildman–Crippen LogP) is 3.54. The molecule has 4 rings (SSSR count). The van der Waals surface area contributed by atoms with Crippen LogP contribution in [-0.2, 0) is 16.6 Å². The maximum Gasteiger partial charge on any atom is 0.328 e. The number of aromatic nitrogens is 1. The lowest BCUT2D eigenvalue weighted by atomic mass is 9.80. The Morgan fingerprint density at radius 1 is 1.28 bits per heavy atom. The van der Waals surface area contributed by atoms with E-state index in [0.29, 0.717) is 41.9 Å². The lowest BCUT2D eigenvalue weighted by Crippen LogP contribution is -2.43. The summed E-state index contributed by atoms with van der Waals surface area (Å²) in [6.07, 6.45) is 3.51. The monoisotopic (exact) mass is 477 g/mol.